The Kier molecular flexibility index (Phi) is 3.96. The first kappa shape index (κ1) is 13.1. The topological polar surface area (TPSA) is 71.8 Å². The second-order valence-electron chi connectivity index (χ2n) is 4.94. The maximum atomic E-state index is 11.7. The summed E-state index contributed by atoms with van der Waals surface area (Å²) in [6.07, 6.45) is 5.86. The third-order valence-electron chi connectivity index (χ3n) is 3.52. The van der Waals surface area contributed by atoms with Crippen molar-refractivity contribution in [3.63, 3.8) is 0 Å². The molecular formula is C13H17N5OS. The quantitative estimate of drug-likeness (QED) is 0.894. The predicted octanol–water partition coefficient (Wildman–Crippen LogP) is 1.40. The van der Waals surface area contributed by atoms with Crippen LogP contribution in [-0.2, 0) is 19.5 Å². The van der Waals surface area contributed by atoms with E-state index in [-0.39, 0.29) is 6.03 Å². The molecule has 2 N–H and O–H groups in total. The number of aromatic nitrogens is 3. The van der Waals surface area contributed by atoms with Crippen LogP contribution in [0.4, 0.5) is 4.79 Å². The van der Waals surface area contributed by atoms with E-state index in [9.17, 15) is 4.79 Å². The number of hydrogen-bond acceptors (Lipinski definition) is 4. The number of nitrogens with one attached hydrogen (secondary N) is 2. The zero-order valence-electron chi connectivity index (χ0n) is 11.1. The van der Waals surface area contributed by atoms with Gasteiger partial charge in [-0.1, -0.05) is 0 Å². The van der Waals surface area contributed by atoms with E-state index in [2.05, 4.69) is 25.2 Å². The number of amides is 2. The van der Waals surface area contributed by atoms with Gasteiger partial charge in [0, 0.05) is 37.3 Å². The fourth-order valence-electron chi connectivity index (χ4n) is 2.38. The molecule has 2 aromatic heterocycles. The van der Waals surface area contributed by atoms with Gasteiger partial charge < -0.3 is 15.2 Å². The molecule has 106 valence electrons. The molecule has 6 nitrogen and oxygen atoms in total. The molecule has 2 aromatic rings. The molecule has 1 atom stereocenters. The molecule has 0 fully saturated rings. The molecule has 0 radical (unpaired) electrons. The summed E-state index contributed by atoms with van der Waals surface area (Å²) in [7, 11) is 0. The lowest BCUT2D eigenvalue weighted by atomic mass is 9.98. The molecule has 0 spiro atoms. The Labute approximate surface area is 121 Å². The minimum Gasteiger partial charge on any atom is -0.338 e. The zero-order valence-corrected chi connectivity index (χ0v) is 11.9. The average molecular weight is 291 g/mol. The molecular weight excluding hydrogens is 274 g/mol. The van der Waals surface area contributed by atoms with E-state index in [0.717, 1.165) is 30.9 Å². The van der Waals surface area contributed by atoms with Crippen LogP contribution in [0.5, 0.6) is 0 Å². The van der Waals surface area contributed by atoms with Crippen molar-refractivity contribution in [2.24, 2.45) is 5.92 Å². The van der Waals surface area contributed by atoms with Gasteiger partial charge in [0.1, 0.15) is 5.82 Å². The molecule has 20 heavy (non-hydrogen) atoms. The SMILES string of the molecule is O=C(NCc1cscn1)NCC1CCn2ccnc2C1. The van der Waals surface area contributed by atoms with Gasteiger partial charge in [0.2, 0.25) is 0 Å². The van der Waals surface area contributed by atoms with Crippen LogP contribution >= 0.6 is 11.3 Å². The van der Waals surface area contributed by atoms with Crippen molar-refractivity contribution in [3.8, 4) is 0 Å². The number of imidazole rings is 1. The van der Waals surface area contributed by atoms with Crippen molar-refractivity contribution < 1.29 is 4.79 Å². The van der Waals surface area contributed by atoms with Gasteiger partial charge in [-0.15, -0.1) is 11.3 Å². The van der Waals surface area contributed by atoms with Gasteiger partial charge in [0.15, 0.2) is 0 Å². The molecule has 0 saturated carbocycles. The van der Waals surface area contributed by atoms with Gasteiger partial charge in [0.25, 0.3) is 0 Å². The van der Waals surface area contributed by atoms with Gasteiger partial charge >= 0.3 is 6.03 Å². The molecule has 1 aliphatic heterocycles. The van der Waals surface area contributed by atoms with Gasteiger partial charge in [-0.25, -0.2) is 14.8 Å². The van der Waals surface area contributed by atoms with Crippen LogP contribution in [0.2, 0.25) is 0 Å². The summed E-state index contributed by atoms with van der Waals surface area (Å²) in [5, 5.41) is 7.67. The first-order valence-corrected chi connectivity index (χ1v) is 7.64. The second kappa shape index (κ2) is 6.04. The fraction of sp³-hybridized carbons (Fsp3) is 0.462. The van der Waals surface area contributed by atoms with Crippen molar-refractivity contribution >= 4 is 17.4 Å². The number of carbonyl (C=O) groups is 1. The maximum Gasteiger partial charge on any atom is 0.315 e. The summed E-state index contributed by atoms with van der Waals surface area (Å²) in [4.78, 5) is 20.2. The van der Waals surface area contributed by atoms with Gasteiger partial charge in [-0.3, -0.25) is 0 Å². The normalized spacial score (nSPS) is 17.5. The van der Waals surface area contributed by atoms with E-state index < -0.39 is 0 Å². The summed E-state index contributed by atoms with van der Waals surface area (Å²) in [5.41, 5.74) is 2.66. The predicted molar refractivity (Wildman–Crippen MR) is 76.4 cm³/mol. The fourth-order valence-corrected chi connectivity index (χ4v) is 2.94. The summed E-state index contributed by atoms with van der Waals surface area (Å²) in [6, 6.07) is -0.132. The zero-order chi connectivity index (χ0) is 13.8. The van der Waals surface area contributed by atoms with E-state index in [4.69, 9.17) is 0 Å². The third-order valence-corrected chi connectivity index (χ3v) is 4.15. The molecule has 3 heterocycles. The third kappa shape index (κ3) is 3.16. The number of urea groups is 1. The van der Waals surface area contributed by atoms with Crippen LogP contribution in [-0.4, -0.2) is 27.1 Å². The van der Waals surface area contributed by atoms with Gasteiger partial charge in [-0.05, 0) is 12.3 Å². The Hall–Kier alpha value is -1.89. The highest BCUT2D eigenvalue weighted by atomic mass is 32.1. The van der Waals surface area contributed by atoms with Crippen LogP contribution in [0.15, 0.2) is 23.3 Å². The molecule has 0 aromatic carbocycles. The molecule has 1 aliphatic rings. The Morgan fingerprint density at radius 1 is 1.45 bits per heavy atom. The minimum atomic E-state index is -0.132. The Balaban J connectivity index is 1.40. The minimum absolute atomic E-state index is 0.132. The number of aryl methyl sites for hydroxylation is 1. The molecule has 1 unspecified atom stereocenters. The van der Waals surface area contributed by atoms with E-state index in [1.54, 1.807) is 5.51 Å². The standard InChI is InChI=1S/C13H17N5OS/c19-13(16-7-11-8-20-9-17-11)15-6-10-1-3-18-4-2-14-12(18)5-10/h2,4,8-10H,1,3,5-7H2,(H2,15,16,19). The molecule has 0 bridgehead atoms. The summed E-state index contributed by atoms with van der Waals surface area (Å²) >= 11 is 1.53. The Morgan fingerprint density at radius 3 is 3.25 bits per heavy atom. The summed E-state index contributed by atoms with van der Waals surface area (Å²) in [6.45, 7) is 2.16. The van der Waals surface area contributed by atoms with Crippen LogP contribution < -0.4 is 10.6 Å². The van der Waals surface area contributed by atoms with Crippen LogP contribution in [0.1, 0.15) is 17.9 Å². The second-order valence-corrected chi connectivity index (χ2v) is 5.66. The van der Waals surface area contributed by atoms with Crippen LogP contribution in [0.25, 0.3) is 0 Å². The molecule has 0 saturated heterocycles. The molecule has 2 amide bonds. The van der Waals surface area contributed by atoms with E-state index in [1.165, 1.54) is 11.3 Å². The lowest BCUT2D eigenvalue weighted by Crippen LogP contribution is -2.39. The number of fused-ring (bicyclic) bond motifs is 1. The first-order chi connectivity index (χ1) is 9.81. The largest absolute Gasteiger partial charge is 0.338 e. The number of hydrogen-bond donors (Lipinski definition) is 2. The Morgan fingerprint density at radius 2 is 2.40 bits per heavy atom. The highest BCUT2D eigenvalue weighted by Gasteiger charge is 2.19. The van der Waals surface area contributed by atoms with Crippen LogP contribution in [0, 0.1) is 5.92 Å². The van der Waals surface area contributed by atoms with E-state index >= 15 is 0 Å². The van der Waals surface area contributed by atoms with Crippen molar-refractivity contribution in [2.75, 3.05) is 6.54 Å². The van der Waals surface area contributed by atoms with Crippen molar-refractivity contribution in [1.29, 1.82) is 0 Å². The van der Waals surface area contributed by atoms with Crippen LogP contribution in [0.3, 0.4) is 0 Å². The monoisotopic (exact) mass is 291 g/mol. The molecule has 0 aliphatic carbocycles. The number of thiazole rings is 1. The van der Waals surface area contributed by atoms with Gasteiger partial charge in [0.05, 0.1) is 17.7 Å². The highest BCUT2D eigenvalue weighted by Crippen LogP contribution is 2.18. The Bertz CT molecular complexity index is 565. The first-order valence-electron chi connectivity index (χ1n) is 6.70. The van der Waals surface area contributed by atoms with E-state index in [1.807, 2.05) is 17.8 Å². The van der Waals surface area contributed by atoms with E-state index in [0.29, 0.717) is 19.0 Å². The summed E-state index contributed by atoms with van der Waals surface area (Å²) < 4.78 is 2.18. The number of rotatable bonds is 4. The maximum absolute atomic E-state index is 11.7. The highest BCUT2D eigenvalue weighted by molar-refractivity contribution is 7.07. The van der Waals surface area contributed by atoms with Crippen molar-refractivity contribution in [2.45, 2.75) is 25.9 Å². The number of nitrogens with zero attached hydrogens (tertiary/aromatic N) is 3. The summed E-state index contributed by atoms with van der Waals surface area (Å²) in [5.74, 6) is 1.58. The molecule has 3 rings (SSSR count). The lowest BCUT2D eigenvalue weighted by molar-refractivity contribution is 0.236. The van der Waals surface area contributed by atoms with Crippen molar-refractivity contribution in [3.05, 3.63) is 34.8 Å². The number of carbonyl (C=O) groups excluding carboxylic acids is 1. The van der Waals surface area contributed by atoms with Gasteiger partial charge in [-0.2, -0.15) is 0 Å². The smallest absolute Gasteiger partial charge is 0.315 e. The molecule has 7 heteroatoms. The van der Waals surface area contributed by atoms with Crippen molar-refractivity contribution in [1.82, 2.24) is 25.2 Å². The lowest BCUT2D eigenvalue weighted by Gasteiger charge is -2.23. The average Bonchev–Trinajstić information content (AvgIpc) is 3.13.